The number of carbonyl (C=O) groups is 3. The molecular weight excluding hydrogens is 644 g/mol. The van der Waals surface area contributed by atoms with Gasteiger partial charge in [0.2, 0.25) is 0 Å². The van der Waals surface area contributed by atoms with Crippen molar-refractivity contribution < 1.29 is 28.6 Å². The van der Waals surface area contributed by atoms with Crippen LogP contribution in [-0.2, 0) is 20.9 Å². The SMILES string of the molecule is CCN1CCN(C2=C3C(=O)N(C(c4cccc(N(Cc5ccccc5)C(=O)OC(C)(C)C)c4)c4ccc(OC)c(OC)c4)C(=O)C3=CCC2)CC1. The van der Waals surface area contributed by atoms with Gasteiger partial charge < -0.3 is 24.0 Å². The number of hydrogen-bond donors (Lipinski definition) is 0. The molecule has 10 heteroatoms. The van der Waals surface area contributed by atoms with Crippen molar-refractivity contribution in [1.29, 1.82) is 0 Å². The summed E-state index contributed by atoms with van der Waals surface area (Å²) in [5, 5.41) is 0. The number of amides is 3. The molecule has 268 valence electrons. The lowest BCUT2D eigenvalue weighted by Gasteiger charge is -2.38. The number of fused-ring (bicyclic) bond motifs is 1. The van der Waals surface area contributed by atoms with Crippen LogP contribution >= 0.6 is 0 Å². The molecular formula is C41H48N4O6. The molecule has 0 N–H and O–H groups in total. The molecule has 0 bridgehead atoms. The zero-order valence-corrected chi connectivity index (χ0v) is 30.5. The van der Waals surface area contributed by atoms with Gasteiger partial charge in [0.05, 0.1) is 38.0 Å². The molecule has 3 aromatic rings. The average Bonchev–Trinajstić information content (AvgIpc) is 3.39. The highest BCUT2D eigenvalue weighted by Crippen LogP contribution is 2.44. The number of benzene rings is 3. The predicted octanol–water partition coefficient (Wildman–Crippen LogP) is 6.72. The van der Waals surface area contributed by atoms with Crippen molar-refractivity contribution in [3.8, 4) is 11.5 Å². The van der Waals surface area contributed by atoms with E-state index in [9.17, 15) is 14.4 Å². The Kier molecular flexibility index (Phi) is 10.5. The van der Waals surface area contributed by atoms with Crippen molar-refractivity contribution in [1.82, 2.24) is 14.7 Å². The lowest BCUT2D eigenvalue weighted by atomic mass is 9.95. The number of anilines is 1. The van der Waals surface area contributed by atoms with Crippen LogP contribution in [0.25, 0.3) is 0 Å². The standard InChI is InChI=1S/C41H48N4O6/c1-7-42-21-23-43(24-22-42)33-18-12-17-32-36(33)39(47)45(38(32)46)37(30-19-20-34(49-5)35(26-30)50-6)29-15-11-16-31(25-29)44(40(48)51-41(2,3)4)27-28-13-9-8-10-14-28/h8-11,13-17,19-20,25-26,37H,7,12,18,21-24,27H2,1-6H3. The van der Waals surface area contributed by atoms with Gasteiger partial charge in [-0.05, 0) is 81.1 Å². The van der Waals surface area contributed by atoms with Crippen molar-refractivity contribution in [2.75, 3.05) is 51.8 Å². The topological polar surface area (TPSA) is 91.9 Å². The monoisotopic (exact) mass is 692 g/mol. The van der Waals surface area contributed by atoms with Gasteiger partial charge in [0.1, 0.15) is 5.60 Å². The molecule has 1 aliphatic carbocycles. The molecule has 0 aromatic heterocycles. The quantitative estimate of drug-likeness (QED) is 0.217. The lowest BCUT2D eigenvalue weighted by molar-refractivity contribution is -0.138. The minimum absolute atomic E-state index is 0.260. The molecule has 0 radical (unpaired) electrons. The largest absolute Gasteiger partial charge is 0.493 e. The number of ether oxygens (including phenoxy) is 3. The van der Waals surface area contributed by atoms with E-state index in [2.05, 4.69) is 16.7 Å². The van der Waals surface area contributed by atoms with E-state index in [4.69, 9.17) is 14.2 Å². The molecule has 0 saturated carbocycles. The van der Waals surface area contributed by atoms with Gasteiger partial charge in [-0.15, -0.1) is 0 Å². The number of imide groups is 1. The molecule has 1 atom stereocenters. The van der Waals surface area contributed by atoms with E-state index in [0.29, 0.717) is 52.3 Å². The first-order chi connectivity index (χ1) is 24.5. The Morgan fingerprint density at radius 3 is 2.22 bits per heavy atom. The first-order valence-corrected chi connectivity index (χ1v) is 17.7. The summed E-state index contributed by atoms with van der Waals surface area (Å²) < 4.78 is 17.1. The first kappa shape index (κ1) is 35.7. The molecule has 2 heterocycles. The lowest BCUT2D eigenvalue weighted by Crippen LogP contribution is -2.46. The van der Waals surface area contributed by atoms with Crippen LogP contribution in [0.5, 0.6) is 11.5 Å². The Morgan fingerprint density at radius 1 is 0.843 bits per heavy atom. The second kappa shape index (κ2) is 15.0. The number of piperazine rings is 1. The van der Waals surface area contributed by atoms with Crippen molar-refractivity contribution in [3.63, 3.8) is 0 Å². The number of rotatable bonds is 10. The predicted molar refractivity (Wildman–Crippen MR) is 197 cm³/mol. The molecule has 0 spiro atoms. The summed E-state index contributed by atoms with van der Waals surface area (Å²) >= 11 is 0. The Labute approximate surface area is 300 Å². The van der Waals surface area contributed by atoms with Crippen LogP contribution in [-0.4, -0.2) is 85.2 Å². The highest BCUT2D eigenvalue weighted by Gasteiger charge is 2.47. The van der Waals surface area contributed by atoms with Crippen molar-refractivity contribution in [2.45, 2.75) is 58.7 Å². The number of likely N-dealkylation sites (N-methyl/N-ethyl adjacent to an activating group) is 1. The zero-order chi connectivity index (χ0) is 36.3. The van der Waals surface area contributed by atoms with Gasteiger partial charge in [-0.3, -0.25) is 19.4 Å². The third-order valence-corrected chi connectivity index (χ3v) is 9.65. The second-order valence-corrected chi connectivity index (χ2v) is 14.0. The fourth-order valence-corrected chi connectivity index (χ4v) is 7.12. The number of allylic oxidation sites excluding steroid dienone is 2. The summed E-state index contributed by atoms with van der Waals surface area (Å²) in [5.41, 5.74) is 3.99. The molecule has 2 saturated heterocycles. The Bertz CT molecular complexity index is 1840. The zero-order valence-electron chi connectivity index (χ0n) is 30.5. The average molecular weight is 693 g/mol. The highest BCUT2D eigenvalue weighted by molar-refractivity contribution is 6.25. The van der Waals surface area contributed by atoms with Crippen LogP contribution in [0, 0.1) is 0 Å². The Morgan fingerprint density at radius 2 is 1.55 bits per heavy atom. The van der Waals surface area contributed by atoms with Crippen molar-refractivity contribution in [3.05, 3.63) is 112 Å². The molecule has 3 amide bonds. The van der Waals surface area contributed by atoms with Gasteiger partial charge in [0.15, 0.2) is 11.5 Å². The molecule has 2 aliphatic heterocycles. The van der Waals surface area contributed by atoms with E-state index in [-0.39, 0.29) is 18.4 Å². The van der Waals surface area contributed by atoms with Gasteiger partial charge in [-0.1, -0.05) is 61.5 Å². The van der Waals surface area contributed by atoms with Crippen LogP contribution in [0.2, 0.25) is 0 Å². The number of methoxy groups -OCH3 is 2. The fraction of sp³-hybridized carbons (Fsp3) is 0.390. The first-order valence-electron chi connectivity index (χ1n) is 17.7. The van der Waals surface area contributed by atoms with Gasteiger partial charge >= 0.3 is 6.09 Å². The van der Waals surface area contributed by atoms with E-state index in [1.54, 1.807) is 25.2 Å². The van der Waals surface area contributed by atoms with E-state index < -0.39 is 17.7 Å². The summed E-state index contributed by atoms with van der Waals surface area (Å²) in [6.45, 7) is 12.4. The molecule has 51 heavy (non-hydrogen) atoms. The smallest absolute Gasteiger partial charge is 0.415 e. The maximum Gasteiger partial charge on any atom is 0.415 e. The summed E-state index contributed by atoms with van der Waals surface area (Å²) in [4.78, 5) is 50.7. The van der Waals surface area contributed by atoms with E-state index in [1.807, 2.05) is 93.6 Å². The van der Waals surface area contributed by atoms with Gasteiger partial charge in [-0.25, -0.2) is 4.79 Å². The fourth-order valence-electron chi connectivity index (χ4n) is 7.12. The van der Waals surface area contributed by atoms with Crippen LogP contribution in [0.1, 0.15) is 63.3 Å². The number of likely N-dealkylation sites (tertiary alicyclic amines) is 1. The third-order valence-electron chi connectivity index (χ3n) is 9.65. The highest BCUT2D eigenvalue weighted by atomic mass is 16.6. The molecule has 2 fully saturated rings. The molecule has 3 aliphatic rings. The van der Waals surface area contributed by atoms with Crippen molar-refractivity contribution in [2.24, 2.45) is 0 Å². The molecule has 1 unspecified atom stereocenters. The minimum atomic E-state index is -0.834. The maximum absolute atomic E-state index is 14.7. The Balaban J connectivity index is 1.46. The van der Waals surface area contributed by atoms with Crippen LogP contribution in [0.3, 0.4) is 0 Å². The molecule has 10 nitrogen and oxygen atoms in total. The Hall–Kier alpha value is -5.09. The second-order valence-electron chi connectivity index (χ2n) is 14.0. The number of hydrogen-bond acceptors (Lipinski definition) is 8. The van der Waals surface area contributed by atoms with E-state index in [0.717, 1.165) is 44.0 Å². The third kappa shape index (κ3) is 7.51. The summed E-state index contributed by atoms with van der Waals surface area (Å²) in [5.74, 6) is 0.342. The van der Waals surface area contributed by atoms with Crippen molar-refractivity contribution >= 4 is 23.6 Å². The normalized spacial score (nSPS) is 17.3. The number of carbonyl (C=O) groups excluding carboxylic acids is 3. The van der Waals surface area contributed by atoms with Gasteiger partial charge in [0, 0.05) is 37.6 Å². The molecule has 3 aromatic carbocycles. The summed E-state index contributed by atoms with van der Waals surface area (Å²) in [6, 6.07) is 21.7. The maximum atomic E-state index is 14.7. The van der Waals surface area contributed by atoms with E-state index in [1.165, 1.54) is 4.90 Å². The summed E-state index contributed by atoms with van der Waals surface area (Å²) in [6.07, 6.45) is 2.80. The number of nitrogens with zero attached hydrogens (tertiary/aromatic N) is 4. The van der Waals surface area contributed by atoms with Gasteiger partial charge in [-0.2, -0.15) is 0 Å². The molecule has 6 rings (SSSR count). The van der Waals surface area contributed by atoms with Crippen LogP contribution in [0.4, 0.5) is 10.5 Å². The van der Waals surface area contributed by atoms with Gasteiger partial charge in [0.25, 0.3) is 11.8 Å². The van der Waals surface area contributed by atoms with E-state index >= 15 is 0 Å². The van der Waals surface area contributed by atoms with Crippen LogP contribution < -0.4 is 14.4 Å². The minimum Gasteiger partial charge on any atom is -0.493 e. The van der Waals surface area contributed by atoms with Crippen LogP contribution in [0.15, 0.2) is 95.7 Å². The summed E-state index contributed by atoms with van der Waals surface area (Å²) in [7, 11) is 3.12.